The highest BCUT2D eigenvalue weighted by atomic mass is 19.1. The first-order valence-corrected chi connectivity index (χ1v) is 11.8. The van der Waals surface area contributed by atoms with E-state index in [4.69, 9.17) is 14.6 Å². The van der Waals surface area contributed by atoms with Crippen molar-refractivity contribution in [2.75, 3.05) is 6.61 Å². The first-order valence-electron chi connectivity index (χ1n) is 11.8. The standard InChI is InChI=1S/C28H29FN2O4/c1-15-14-31-24(18-9-6-7-11-21(18)30-31)23(22(15)26(27(32)33)35-28(3,4)5)19-13-20(29)25-17(16(19)2)10-8-12-34-25/h6-7,9,11,13-14,26H,8,10,12H2,1-5H3,(H,32,33)/t26-/m0/s1. The van der Waals surface area contributed by atoms with Crippen molar-refractivity contribution in [1.82, 2.24) is 9.61 Å². The Hall–Kier alpha value is -3.45. The topological polar surface area (TPSA) is 73.1 Å². The molecule has 1 N–H and O–H groups in total. The zero-order valence-electron chi connectivity index (χ0n) is 20.6. The van der Waals surface area contributed by atoms with Crippen LogP contribution >= 0.6 is 0 Å². The van der Waals surface area contributed by atoms with E-state index in [2.05, 4.69) is 0 Å². The van der Waals surface area contributed by atoms with Crippen molar-refractivity contribution in [3.8, 4) is 16.9 Å². The number of carbonyl (C=O) groups is 1. The molecule has 0 saturated heterocycles. The zero-order chi connectivity index (χ0) is 25.1. The molecule has 2 aromatic carbocycles. The van der Waals surface area contributed by atoms with Crippen LogP contribution in [0.4, 0.5) is 4.39 Å². The Labute approximate surface area is 203 Å². The van der Waals surface area contributed by atoms with E-state index in [1.807, 2.05) is 65.1 Å². The number of carboxylic acid groups (broad SMARTS) is 1. The van der Waals surface area contributed by atoms with Crippen LogP contribution in [-0.4, -0.2) is 32.9 Å². The maximum Gasteiger partial charge on any atom is 0.337 e. The molecule has 4 aromatic rings. The lowest BCUT2D eigenvalue weighted by atomic mass is 9.86. The third-order valence-electron chi connectivity index (χ3n) is 6.51. The second-order valence-corrected chi connectivity index (χ2v) is 10.2. The Morgan fingerprint density at radius 3 is 2.71 bits per heavy atom. The summed E-state index contributed by atoms with van der Waals surface area (Å²) < 4.78 is 28.9. The molecule has 0 amide bonds. The lowest BCUT2D eigenvalue weighted by Gasteiger charge is -2.29. The summed E-state index contributed by atoms with van der Waals surface area (Å²) in [5.41, 5.74) is 4.94. The lowest BCUT2D eigenvalue weighted by molar-refractivity contribution is -0.160. The van der Waals surface area contributed by atoms with Gasteiger partial charge in [-0.15, -0.1) is 0 Å². The van der Waals surface area contributed by atoms with Gasteiger partial charge in [-0.05, 0) is 76.3 Å². The summed E-state index contributed by atoms with van der Waals surface area (Å²) in [7, 11) is 0. The van der Waals surface area contributed by atoms with E-state index in [0.29, 0.717) is 41.0 Å². The highest BCUT2D eigenvalue weighted by Crippen LogP contribution is 2.44. The summed E-state index contributed by atoms with van der Waals surface area (Å²) in [5, 5.41) is 15.9. The van der Waals surface area contributed by atoms with E-state index in [0.717, 1.165) is 34.0 Å². The third-order valence-corrected chi connectivity index (χ3v) is 6.51. The van der Waals surface area contributed by atoms with Crippen molar-refractivity contribution in [3.05, 3.63) is 64.6 Å². The van der Waals surface area contributed by atoms with Crippen LogP contribution in [0.3, 0.4) is 0 Å². The maximum atomic E-state index is 15.4. The highest BCUT2D eigenvalue weighted by Gasteiger charge is 2.34. The number of aryl methyl sites for hydroxylation is 1. The normalized spacial score (nSPS) is 14.7. The van der Waals surface area contributed by atoms with Gasteiger partial charge < -0.3 is 14.6 Å². The first kappa shape index (κ1) is 23.3. The van der Waals surface area contributed by atoms with Crippen LogP contribution in [-0.2, 0) is 16.0 Å². The number of benzene rings is 2. The highest BCUT2D eigenvalue weighted by molar-refractivity contribution is 6.05. The number of pyridine rings is 1. The van der Waals surface area contributed by atoms with Gasteiger partial charge in [0.25, 0.3) is 0 Å². The van der Waals surface area contributed by atoms with Crippen LogP contribution in [0.15, 0.2) is 36.5 Å². The van der Waals surface area contributed by atoms with E-state index in [1.165, 1.54) is 6.07 Å². The van der Waals surface area contributed by atoms with E-state index in [1.54, 1.807) is 4.52 Å². The van der Waals surface area contributed by atoms with Crippen LogP contribution in [0.25, 0.3) is 27.5 Å². The smallest absolute Gasteiger partial charge is 0.337 e. The Morgan fingerprint density at radius 1 is 1.26 bits per heavy atom. The van der Waals surface area contributed by atoms with Gasteiger partial charge in [0.05, 0.1) is 23.2 Å². The molecule has 0 fully saturated rings. The van der Waals surface area contributed by atoms with E-state index in [9.17, 15) is 9.90 Å². The van der Waals surface area contributed by atoms with Crippen molar-refractivity contribution in [3.63, 3.8) is 0 Å². The fraction of sp³-hybridized carbons (Fsp3) is 0.357. The molecule has 182 valence electrons. The summed E-state index contributed by atoms with van der Waals surface area (Å²) in [6.45, 7) is 9.75. The second-order valence-electron chi connectivity index (χ2n) is 10.2. The van der Waals surface area contributed by atoms with Gasteiger partial charge in [0, 0.05) is 28.3 Å². The number of carboxylic acids is 1. The van der Waals surface area contributed by atoms with Gasteiger partial charge in [0.15, 0.2) is 17.7 Å². The molecular weight excluding hydrogens is 447 g/mol. The largest absolute Gasteiger partial charge is 0.490 e. The van der Waals surface area contributed by atoms with Crippen molar-refractivity contribution in [2.24, 2.45) is 0 Å². The molecule has 0 saturated carbocycles. The van der Waals surface area contributed by atoms with Crippen LogP contribution in [0.1, 0.15) is 55.5 Å². The molecular formula is C28H29FN2O4. The SMILES string of the molecule is Cc1cn2nc3ccccc3c2c(-c2cc(F)c3c(c2C)CCCO3)c1[C@H](OC(C)(C)C)C(=O)O. The molecule has 6 nitrogen and oxygen atoms in total. The predicted octanol–water partition coefficient (Wildman–Crippen LogP) is 6.18. The number of ether oxygens (including phenoxy) is 2. The molecule has 2 aromatic heterocycles. The van der Waals surface area contributed by atoms with Crippen LogP contribution in [0, 0.1) is 19.7 Å². The number of aliphatic carboxylic acids is 1. The van der Waals surface area contributed by atoms with Crippen LogP contribution in [0.5, 0.6) is 5.75 Å². The van der Waals surface area contributed by atoms with Crippen LogP contribution in [0.2, 0.25) is 0 Å². The molecule has 1 aliphatic heterocycles. The minimum absolute atomic E-state index is 0.293. The van der Waals surface area contributed by atoms with E-state index >= 15 is 4.39 Å². The quantitative estimate of drug-likeness (QED) is 0.381. The maximum absolute atomic E-state index is 15.4. The fourth-order valence-electron chi connectivity index (χ4n) is 5.09. The first-order chi connectivity index (χ1) is 16.6. The molecule has 0 radical (unpaired) electrons. The Kier molecular flexibility index (Phi) is 5.55. The van der Waals surface area contributed by atoms with E-state index in [-0.39, 0.29) is 0 Å². The Morgan fingerprint density at radius 2 is 2.00 bits per heavy atom. The van der Waals surface area contributed by atoms with Crippen molar-refractivity contribution in [2.45, 2.75) is 59.2 Å². The van der Waals surface area contributed by atoms with Crippen molar-refractivity contribution >= 4 is 22.4 Å². The van der Waals surface area contributed by atoms with Gasteiger partial charge in [-0.2, -0.15) is 5.10 Å². The average Bonchev–Trinajstić information content (AvgIpc) is 3.16. The molecule has 0 bridgehead atoms. The molecule has 0 aliphatic carbocycles. The zero-order valence-corrected chi connectivity index (χ0v) is 20.6. The summed E-state index contributed by atoms with van der Waals surface area (Å²) in [6.07, 6.45) is 2.07. The Bertz CT molecular complexity index is 1480. The summed E-state index contributed by atoms with van der Waals surface area (Å²) >= 11 is 0. The van der Waals surface area contributed by atoms with Gasteiger partial charge in [0.2, 0.25) is 0 Å². The molecule has 1 atom stereocenters. The summed E-state index contributed by atoms with van der Waals surface area (Å²) in [6, 6.07) is 9.16. The molecule has 1 aliphatic rings. The molecule has 5 rings (SSSR count). The number of halogens is 1. The number of nitrogens with zero attached hydrogens (tertiary/aromatic N) is 2. The minimum atomic E-state index is -1.25. The minimum Gasteiger partial charge on any atom is -0.490 e. The van der Waals surface area contributed by atoms with Gasteiger partial charge in [-0.3, -0.25) is 0 Å². The number of rotatable bonds is 4. The fourth-order valence-corrected chi connectivity index (χ4v) is 5.09. The molecule has 35 heavy (non-hydrogen) atoms. The third kappa shape index (κ3) is 3.93. The lowest BCUT2D eigenvalue weighted by Crippen LogP contribution is -2.28. The van der Waals surface area contributed by atoms with E-state index < -0.39 is 23.5 Å². The molecule has 3 heterocycles. The predicted molar refractivity (Wildman–Crippen MR) is 133 cm³/mol. The molecule has 0 unspecified atom stereocenters. The monoisotopic (exact) mass is 476 g/mol. The van der Waals surface area contributed by atoms with Crippen LogP contribution < -0.4 is 4.74 Å². The number of aromatic nitrogens is 2. The summed E-state index contributed by atoms with van der Waals surface area (Å²) in [4.78, 5) is 12.6. The molecule has 0 spiro atoms. The van der Waals surface area contributed by atoms with Gasteiger partial charge in [-0.25, -0.2) is 13.7 Å². The molecule has 7 heteroatoms. The van der Waals surface area contributed by atoms with Crippen molar-refractivity contribution in [1.29, 1.82) is 0 Å². The van der Waals surface area contributed by atoms with Gasteiger partial charge in [0.1, 0.15) is 0 Å². The second kappa shape index (κ2) is 8.34. The summed E-state index contributed by atoms with van der Waals surface area (Å²) in [5.74, 6) is -1.25. The average molecular weight is 477 g/mol. The number of fused-ring (bicyclic) bond motifs is 4. The van der Waals surface area contributed by atoms with Gasteiger partial charge in [-0.1, -0.05) is 18.2 Å². The van der Waals surface area contributed by atoms with Gasteiger partial charge >= 0.3 is 5.97 Å². The number of hydrogen-bond acceptors (Lipinski definition) is 4. The Balaban J connectivity index is 1.94. The van der Waals surface area contributed by atoms with Crippen molar-refractivity contribution < 1.29 is 23.8 Å². The number of hydrogen-bond donors (Lipinski definition) is 1.